The lowest BCUT2D eigenvalue weighted by Crippen LogP contribution is -2.32. The molecule has 0 N–H and O–H groups in total. The van der Waals surface area contributed by atoms with Crippen LogP contribution in [0.15, 0.2) is 30.7 Å². The quantitative estimate of drug-likeness (QED) is 0.852. The minimum absolute atomic E-state index is 0.138. The van der Waals surface area contributed by atoms with Crippen molar-refractivity contribution in [3.05, 3.63) is 36.4 Å². The molecule has 2 aromatic heterocycles. The molecule has 0 spiro atoms. The van der Waals surface area contributed by atoms with Crippen molar-refractivity contribution < 1.29 is 8.91 Å². The molecule has 0 radical (unpaired) electrons. The fourth-order valence-corrected chi connectivity index (χ4v) is 2.44. The number of carbonyl (C=O) groups is 1. The van der Waals surface area contributed by atoms with Gasteiger partial charge < -0.3 is 4.90 Å². The molecule has 0 fully saturated rings. The lowest BCUT2D eigenvalue weighted by molar-refractivity contribution is -0.120. The van der Waals surface area contributed by atoms with Gasteiger partial charge >= 0.3 is 0 Å². The summed E-state index contributed by atoms with van der Waals surface area (Å²) in [5.41, 5.74) is 2.21. The first-order chi connectivity index (χ1) is 11.2. The Bertz CT molecular complexity index is 702. The minimum Gasteiger partial charge on any atom is -0.312 e. The van der Waals surface area contributed by atoms with Crippen molar-refractivity contribution in [1.29, 1.82) is 0 Å². The van der Waals surface area contributed by atoms with E-state index in [2.05, 4.69) is 10.1 Å². The molecule has 0 aliphatic carbocycles. The second-order valence-corrected chi connectivity index (χ2v) is 5.49. The van der Waals surface area contributed by atoms with E-state index in [9.17, 15) is 4.79 Å². The summed E-state index contributed by atoms with van der Waals surface area (Å²) in [6.07, 6.45) is 3.05. The Balaban J connectivity index is 2.13. The van der Waals surface area contributed by atoms with Gasteiger partial charge in [0.05, 0.1) is 29.5 Å². The number of hydrogen-bond acceptors (Lipinski definition) is 4. The van der Waals surface area contributed by atoms with Gasteiger partial charge in [-0.1, -0.05) is 6.92 Å². The highest BCUT2D eigenvalue weighted by molar-refractivity contribution is 7.98. The number of anilines is 1. The van der Waals surface area contributed by atoms with Crippen molar-refractivity contribution in [2.75, 3.05) is 23.9 Å². The molecule has 2 heterocycles. The fourth-order valence-electron chi connectivity index (χ4n) is 2.05. The summed E-state index contributed by atoms with van der Waals surface area (Å²) in [4.78, 5) is 18.1. The number of hydrogen-bond donors (Lipinski definition) is 0. The SMILES string of the molecule is [2H]C([2H])([2H])SCC(C)C(=O)N(C)c1cn(-c2cccnc2)nc1C. The molecule has 5 nitrogen and oxygen atoms in total. The standard InChI is InChI=1S/C15H20N4OS/c1-11(10-21-4)15(20)18(3)14-9-19(17-12(14)2)13-6-5-7-16-8-13/h5-9,11H,10H2,1-4H3/i4D3. The summed E-state index contributed by atoms with van der Waals surface area (Å²) < 4.78 is 23.3. The van der Waals surface area contributed by atoms with Crippen LogP contribution < -0.4 is 4.90 Å². The van der Waals surface area contributed by atoms with Crippen molar-refractivity contribution in [2.24, 2.45) is 5.92 Å². The highest BCUT2D eigenvalue weighted by Gasteiger charge is 2.21. The zero-order chi connectivity index (χ0) is 17.9. The van der Waals surface area contributed by atoms with Crippen molar-refractivity contribution in [3.8, 4) is 5.69 Å². The maximum absolute atomic E-state index is 12.5. The molecule has 112 valence electrons. The molecule has 2 aromatic rings. The minimum atomic E-state index is -2.09. The molecule has 2 rings (SSSR count). The number of thioether (sulfide) groups is 1. The van der Waals surface area contributed by atoms with E-state index in [0.29, 0.717) is 11.4 Å². The van der Waals surface area contributed by atoms with Crippen LogP contribution in [0.4, 0.5) is 5.69 Å². The Labute approximate surface area is 133 Å². The van der Waals surface area contributed by atoms with Gasteiger partial charge in [-0.2, -0.15) is 16.9 Å². The largest absolute Gasteiger partial charge is 0.312 e. The number of aryl methyl sites for hydroxylation is 1. The number of carbonyl (C=O) groups excluding carboxylic acids is 1. The van der Waals surface area contributed by atoms with Gasteiger partial charge in [-0.25, -0.2) is 4.68 Å². The molecule has 6 heteroatoms. The van der Waals surface area contributed by atoms with Crippen LogP contribution in [-0.4, -0.2) is 39.7 Å². The van der Waals surface area contributed by atoms with Gasteiger partial charge in [0.2, 0.25) is 5.91 Å². The highest BCUT2D eigenvalue weighted by atomic mass is 32.2. The topological polar surface area (TPSA) is 51.0 Å². The molecule has 0 aliphatic heterocycles. The summed E-state index contributed by atoms with van der Waals surface area (Å²) in [6.45, 7) is 3.56. The average Bonchev–Trinajstić information content (AvgIpc) is 2.93. The second kappa shape index (κ2) is 6.76. The summed E-state index contributed by atoms with van der Waals surface area (Å²) in [6, 6.07) is 3.69. The number of pyridine rings is 1. The first kappa shape index (κ1) is 11.8. The maximum atomic E-state index is 12.5. The van der Waals surface area contributed by atoms with E-state index in [1.807, 2.05) is 19.1 Å². The van der Waals surface area contributed by atoms with Crippen LogP contribution >= 0.6 is 11.8 Å². The maximum Gasteiger partial charge on any atom is 0.230 e. The molecular weight excluding hydrogens is 284 g/mol. The van der Waals surface area contributed by atoms with Gasteiger partial charge in [0, 0.05) is 29.0 Å². The van der Waals surface area contributed by atoms with Crippen LogP contribution in [0.5, 0.6) is 0 Å². The van der Waals surface area contributed by atoms with Crippen LogP contribution in [-0.2, 0) is 4.79 Å². The monoisotopic (exact) mass is 307 g/mol. The molecule has 0 aromatic carbocycles. The average molecular weight is 307 g/mol. The summed E-state index contributed by atoms with van der Waals surface area (Å²) in [5.74, 6) is -0.294. The van der Waals surface area contributed by atoms with E-state index in [4.69, 9.17) is 4.11 Å². The zero-order valence-electron chi connectivity index (χ0n) is 15.3. The third kappa shape index (κ3) is 3.44. The van der Waals surface area contributed by atoms with E-state index in [-0.39, 0.29) is 11.7 Å². The van der Waals surface area contributed by atoms with Crippen molar-refractivity contribution >= 4 is 23.4 Å². The molecule has 1 atom stereocenters. The van der Waals surface area contributed by atoms with Gasteiger partial charge in [-0.15, -0.1) is 0 Å². The van der Waals surface area contributed by atoms with E-state index in [1.165, 1.54) is 4.90 Å². The first-order valence-electron chi connectivity index (χ1n) is 8.07. The molecular formula is C15H20N4OS. The van der Waals surface area contributed by atoms with Gasteiger partial charge in [-0.3, -0.25) is 9.78 Å². The number of nitrogens with zero attached hydrogens (tertiary/aromatic N) is 4. The van der Waals surface area contributed by atoms with Crippen LogP contribution in [0, 0.1) is 12.8 Å². The lowest BCUT2D eigenvalue weighted by Gasteiger charge is -2.20. The first-order valence-corrected chi connectivity index (χ1v) is 7.56. The fraction of sp³-hybridized carbons (Fsp3) is 0.400. The predicted octanol–water partition coefficient (Wildman–Crippen LogP) is 2.54. The second-order valence-electron chi connectivity index (χ2n) is 4.86. The van der Waals surface area contributed by atoms with E-state index in [0.717, 1.165) is 17.4 Å². The molecule has 1 unspecified atom stereocenters. The Morgan fingerprint density at radius 3 is 3.10 bits per heavy atom. The third-order valence-electron chi connectivity index (χ3n) is 3.23. The molecule has 0 saturated carbocycles. The molecule has 21 heavy (non-hydrogen) atoms. The van der Waals surface area contributed by atoms with Gasteiger partial charge in [0.1, 0.15) is 0 Å². The van der Waals surface area contributed by atoms with Gasteiger partial charge in [0.15, 0.2) is 0 Å². The molecule has 0 saturated heterocycles. The van der Waals surface area contributed by atoms with Crippen LogP contribution in [0.3, 0.4) is 0 Å². The Kier molecular flexibility index (Phi) is 3.80. The van der Waals surface area contributed by atoms with E-state index >= 15 is 0 Å². The van der Waals surface area contributed by atoms with Crippen LogP contribution in [0.2, 0.25) is 0 Å². The van der Waals surface area contributed by atoms with Gasteiger partial charge in [0.25, 0.3) is 0 Å². The molecule has 0 bridgehead atoms. The Hall–Kier alpha value is -1.82. The summed E-state index contributed by atoms with van der Waals surface area (Å²) in [7, 11) is 1.68. The lowest BCUT2D eigenvalue weighted by atomic mass is 10.2. The van der Waals surface area contributed by atoms with Gasteiger partial charge in [-0.05, 0) is 25.2 Å². The number of amides is 1. The van der Waals surface area contributed by atoms with E-state index < -0.39 is 12.1 Å². The van der Waals surface area contributed by atoms with Crippen molar-refractivity contribution in [1.82, 2.24) is 14.8 Å². The normalized spacial score (nSPS) is 14.9. The van der Waals surface area contributed by atoms with Crippen molar-refractivity contribution in [2.45, 2.75) is 13.8 Å². The zero-order valence-corrected chi connectivity index (χ0v) is 13.1. The highest BCUT2D eigenvalue weighted by Crippen LogP contribution is 2.22. The number of rotatable bonds is 5. The van der Waals surface area contributed by atoms with Crippen LogP contribution in [0.1, 0.15) is 16.7 Å². The molecule has 0 aliphatic rings. The smallest absolute Gasteiger partial charge is 0.230 e. The summed E-state index contributed by atoms with van der Waals surface area (Å²) in [5, 5.41) is 4.42. The third-order valence-corrected chi connectivity index (χ3v) is 3.90. The number of aromatic nitrogens is 3. The van der Waals surface area contributed by atoms with Crippen molar-refractivity contribution in [3.63, 3.8) is 0 Å². The predicted molar refractivity (Wildman–Crippen MR) is 87.1 cm³/mol. The Morgan fingerprint density at radius 1 is 1.62 bits per heavy atom. The van der Waals surface area contributed by atoms with E-state index in [1.54, 1.807) is 37.2 Å². The summed E-state index contributed by atoms with van der Waals surface area (Å²) >= 11 is 0.812. The Morgan fingerprint density at radius 2 is 2.43 bits per heavy atom. The van der Waals surface area contributed by atoms with Crippen LogP contribution in [0.25, 0.3) is 5.69 Å². The molecule has 1 amide bonds.